The van der Waals surface area contributed by atoms with Gasteiger partial charge in [-0.2, -0.15) is 0 Å². The first kappa shape index (κ1) is 13.6. The van der Waals surface area contributed by atoms with E-state index >= 15 is 0 Å². The van der Waals surface area contributed by atoms with Gasteiger partial charge < -0.3 is 5.32 Å². The van der Waals surface area contributed by atoms with Gasteiger partial charge in [0, 0.05) is 30.4 Å². The predicted octanol–water partition coefficient (Wildman–Crippen LogP) is 4.29. The number of hydrogen-bond donors (Lipinski definition) is 1. The van der Waals surface area contributed by atoms with Crippen LogP contribution in [-0.4, -0.2) is 11.0 Å². The lowest BCUT2D eigenvalue weighted by Crippen LogP contribution is -2.37. The molecule has 2 aromatic rings. The first-order chi connectivity index (χ1) is 9.88. The van der Waals surface area contributed by atoms with Crippen LogP contribution in [0.25, 0.3) is 10.8 Å². The van der Waals surface area contributed by atoms with Crippen molar-refractivity contribution >= 4 is 10.8 Å². The Hall–Kier alpha value is -1.41. The third-order valence-corrected chi connectivity index (χ3v) is 4.76. The molecule has 106 valence electrons. The summed E-state index contributed by atoms with van der Waals surface area (Å²) in [5.41, 5.74) is 1.39. The predicted molar refractivity (Wildman–Crippen MR) is 84.6 cm³/mol. The number of hydrogen-bond acceptors (Lipinski definition) is 2. The Morgan fingerprint density at radius 3 is 3.00 bits per heavy atom. The van der Waals surface area contributed by atoms with Crippen molar-refractivity contribution in [1.82, 2.24) is 10.3 Å². The van der Waals surface area contributed by atoms with E-state index in [1.807, 2.05) is 12.4 Å². The van der Waals surface area contributed by atoms with Crippen molar-refractivity contribution in [2.45, 2.75) is 51.6 Å². The summed E-state index contributed by atoms with van der Waals surface area (Å²) in [7, 11) is 0. The Kier molecular flexibility index (Phi) is 4.31. The highest BCUT2D eigenvalue weighted by Gasteiger charge is 2.22. The summed E-state index contributed by atoms with van der Waals surface area (Å²) in [5, 5.41) is 6.38. The summed E-state index contributed by atoms with van der Waals surface area (Å²) >= 11 is 0. The Balaban J connectivity index is 1.73. The number of benzene rings is 1. The molecule has 1 aromatic carbocycles. The number of nitrogens with zero attached hydrogens (tertiary/aromatic N) is 1. The van der Waals surface area contributed by atoms with Gasteiger partial charge in [0.1, 0.15) is 0 Å². The fourth-order valence-corrected chi connectivity index (χ4v) is 3.55. The zero-order chi connectivity index (χ0) is 13.8. The summed E-state index contributed by atoms with van der Waals surface area (Å²) in [6.45, 7) is 3.30. The zero-order valence-electron chi connectivity index (χ0n) is 12.3. The lowest BCUT2D eigenvalue weighted by atomic mass is 9.83. The highest BCUT2D eigenvalue weighted by Crippen LogP contribution is 2.27. The van der Waals surface area contributed by atoms with Crippen LogP contribution in [0, 0.1) is 5.92 Å². The molecule has 0 amide bonds. The van der Waals surface area contributed by atoms with E-state index in [0.29, 0.717) is 6.04 Å². The number of aromatic nitrogens is 1. The minimum absolute atomic E-state index is 0.700. The maximum atomic E-state index is 4.21. The monoisotopic (exact) mass is 268 g/mol. The first-order valence-electron chi connectivity index (χ1n) is 7.93. The highest BCUT2D eigenvalue weighted by atomic mass is 14.9. The standard InChI is InChI=1S/C18H24N2/c1-2-14-6-3-4-9-18(14)20-13-16-8-5-7-15-12-19-11-10-17(15)16/h5,7-8,10-12,14,18,20H,2-4,6,9,13H2,1H3. The molecule has 0 saturated heterocycles. The molecular formula is C18H24N2. The molecule has 2 heteroatoms. The molecule has 3 rings (SSSR count). The van der Waals surface area contributed by atoms with Crippen molar-refractivity contribution in [2.75, 3.05) is 0 Å². The second-order valence-electron chi connectivity index (χ2n) is 5.95. The third-order valence-electron chi connectivity index (χ3n) is 4.76. The number of fused-ring (bicyclic) bond motifs is 1. The van der Waals surface area contributed by atoms with Crippen molar-refractivity contribution in [3.63, 3.8) is 0 Å². The molecule has 1 aliphatic carbocycles. The van der Waals surface area contributed by atoms with Crippen LogP contribution >= 0.6 is 0 Å². The number of nitrogens with one attached hydrogen (secondary N) is 1. The van der Waals surface area contributed by atoms with Crippen molar-refractivity contribution in [3.05, 3.63) is 42.2 Å². The van der Waals surface area contributed by atoms with Crippen molar-refractivity contribution in [3.8, 4) is 0 Å². The minimum Gasteiger partial charge on any atom is -0.310 e. The summed E-state index contributed by atoms with van der Waals surface area (Å²) in [5.74, 6) is 0.861. The van der Waals surface area contributed by atoms with E-state index in [9.17, 15) is 0 Å². The molecule has 0 radical (unpaired) electrons. The van der Waals surface area contributed by atoms with Crippen LogP contribution in [0.1, 0.15) is 44.6 Å². The summed E-state index contributed by atoms with van der Waals surface area (Å²) in [6.07, 6.45) is 10.7. The second-order valence-corrected chi connectivity index (χ2v) is 5.95. The van der Waals surface area contributed by atoms with E-state index < -0.39 is 0 Å². The van der Waals surface area contributed by atoms with Gasteiger partial charge in [0.25, 0.3) is 0 Å². The van der Waals surface area contributed by atoms with E-state index in [-0.39, 0.29) is 0 Å². The lowest BCUT2D eigenvalue weighted by Gasteiger charge is -2.31. The zero-order valence-corrected chi connectivity index (χ0v) is 12.3. The number of pyridine rings is 1. The number of rotatable bonds is 4. The van der Waals surface area contributed by atoms with Gasteiger partial charge in [-0.3, -0.25) is 4.98 Å². The van der Waals surface area contributed by atoms with Gasteiger partial charge >= 0.3 is 0 Å². The van der Waals surface area contributed by atoms with Gasteiger partial charge in [-0.25, -0.2) is 0 Å². The van der Waals surface area contributed by atoms with Gasteiger partial charge in [0.2, 0.25) is 0 Å². The van der Waals surface area contributed by atoms with Crippen LogP contribution < -0.4 is 5.32 Å². The SMILES string of the molecule is CCC1CCCCC1NCc1cccc2cnccc12. The van der Waals surface area contributed by atoms with E-state index in [1.54, 1.807) is 0 Å². The molecule has 1 aromatic heterocycles. The molecule has 0 aliphatic heterocycles. The fourth-order valence-electron chi connectivity index (χ4n) is 3.55. The molecule has 1 heterocycles. The maximum Gasteiger partial charge on any atom is 0.0346 e. The summed E-state index contributed by atoms with van der Waals surface area (Å²) in [4.78, 5) is 4.21. The van der Waals surface area contributed by atoms with E-state index in [4.69, 9.17) is 0 Å². The van der Waals surface area contributed by atoms with Crippen molar-refractivity contribution < 1.29 is 0 Å². The summed E-state index contributed by atoms with van der Waals surface area (Å²) in [6, 6.07) is 9.34. The van der Waals surface area contributed by atoms with E-state index in [2.05, 4.69) is 41.5 Å². The van der Waals surface area contributed by atoms with Crippen LogP contribution in [0.2, 0.25) is 0 Å². The normalized spacial score (nSPS) is 23.1. The fraction of sp³-hybridized carbons (Fsp3) is 0.500. The van der Waals surface area contributed by atoms with Gasteiger partial charge in [-0.1, -0.05) is 44.4 Å². The Labute approximate surface area is 121 Å². The Morgan fingerprint density at radius 2 is 2.10 bits per heavy atom. The molecule has 2 nitrogen and oxygen atoms in total. The van der Waals surface area contributed by atoms with Gasteiger partial charge in [0.15, 0.2) is 0 Å². The molecule has 1 saturated carbocycles. The van der Waals surface area contributed by atoms with Crippen LogP contribution in [-0.2, 0) is 6.54 Å². The maximum absolute atomic E-state index is 4.21. The second kappa shape index (κ2) is 6.36. The van der Waals surface area contributed by atoms with Crippen molar-refractivity contribution in [1.29, 1.82) is 0 Å². The molecular weight excluding hydrogens is 244 g/mol. The van der Waals surface area contributed by atoms with E-state index in [1.165, 1.54) is 48.4 Å². The van der Waals surface area contributed by atoms with E-state index in [0.717, 1.165) is 12.5 Å². The average Bonchev–Trinajstić information content (AvgIpc) is 2.53. The third kappa shape index (κ3) is 2.85. The van der Waals surface area contributed by atoms with Crippen LogP contribution in [0.15, 0.2) is 36.7 Å². The Morgan fingerprint density at radius 1 is 1.20 bits per heavy atom. The molecule has 2 atom stereocenters. The van der Waals surface area contributed by atoms with Gasteiger partial charge in [-0.05, 0) is 35.8 Å². The minimum atomic E-state index is 0.700. The molecule has 0 spiro atoms. The highest BCUT2D eigenvalue weighted by molar-refractivity contribution is 5.84. The molecule has 1 N–H and O–H groups in total. The smallest absolute Gasteiger partial charge is 0.0346 e. The lowest BCUT2D eigenvalue weighted by molar-refractivity contribution is 0.254. The molecule has 0 bridgehead atoms. The van der Waals surface area contributed by atoms with Gasteiger partial charge in [0.05, 0.1) is 0 Å². The summed E-state index contributed by atoms with van der Waals surface area (Å²) < 4.78 is 0. The van der Waals surface area contributed by atoms with Gasteiger partial charge in [-0.15, -0.1) is 0 Å². The topological polar surface area (TPSA) is 24.9 Å². The van der Waals surface area contributed by atoms with Crippen LogP contribution in [0.3, 0.4) is 0 Å². The molecule has 1 fully saturated rings. The Bertz CT molecular complexity index is 559. The van der Waals surface area contributed by atoms with Crippen LogP contribution in [0.4, 0.5) is 0 Å². The molecule has 20 heavy (non-hydrogen) atoms. The average molecular weight is 268 g/mol. The van der Waals surface area contributed by atoms with Crippen LogP contribution in [0.5, 0.6) is 0 Å². The largest absolute Gasteiger partial charge is 0.310 e. The van der Waals surface area contributed by atoms with Crippen molar-refractivity contribution in [2.24, 2.45) is 5.92 Å². The quantitative estimate of drug-likeness (QED) is 0.894. The molecule has 2 unspecified atom stereocenters. The molecule has 1 aliphatic rings. The first-order valence-corrected chi connectivity index (χ1v) is 7.93.